The van der Waals surface area contributed by atoms with Gasteiger partial charge in [-0.3, -0.25) is 9.48 Å². The largest absolute Gasteiger partial charge is 0.324 e. The minimum absolute atomic E-state index is 0.0601. The molecule has 1 atom stereocenters. The van der Waals surface area contributed by atoms with Gasteiger partial charge in [0.05, 0.1) is 6.04 Å². The van der Waals surface area contributed by atoms with Crippen LogP contribution in [0.2, 0.25) is 0 Å². The number of nitrogens with zero attached hydrogens (tertiary/aromatic N) is 2. The van der Waals surface area contributed by atoms with Crippen molar-refractivity contribution in [2.75, 3.05) is 11.9 Å². The molecular weight excluding hydrogens is 264 g/mol. The van der Waals surface area contributed by atoms with Gasteiger partial charge in [0.1, 0.15) is 0 Å². The summed E-state index contributed by atoms with van der Waals surface area (Å²) in [5.41, 5.74) is 3.32. The van der Waals surface area contributed by atoms with Crippen LogP contribution < -0.4 is 10.6 Å². The van der Waals surface area contributed by atoms with Gasteiger partial charge in [-0.2, -0.15) is 5.10 Å². The Morgan fingerprint density at radius 2 is 2.24 bits per heavy atom. The Morgan fingerprint density at radius 1 is 1.38 bits per heavy atom. The lowest BCUT2D eigenvalue weighted by atomic mass is 10.1. The topological polar surface area (TPSA) is 59.0 Å². The van der Waals surface area contributed by atoms with Gasteiger partial charge < -0.3 is 10.6 Å². The fraction of sp³-hybridized carbons (Fsp3) is 0.375. The lowest BCUT2D eigenvalue weighted by Gasteiger charge is -2.15. The molecule has 1 aliphatic heterocycles. The van der Waals surface area contributed by atoms with Crippen molar-refractivity contribution in [2.45, 2.75) is 25.3 Å². The van der Waals surface area contributed by atoms with Gasteiger partial charge in [-0.25, -0.2) is 0 Å². The van der Waals surface area contributed by atoms with Crippen molar-refractivity contribution in [3.8, 4) is 0 Å². The molecule has 1 amide bonds. The summed E-state index contributed by atoms with van der Waals surface area (Å²) in [4.78, 5) is 12.2. The van der Waals surface area contributed by atoms with Gasteiger partial charge in [-0.1, -0.05) is 18.2 Å². The molecule has 0 radical (unpaired) electrons. The molecule has 0 fully saturated rings. The Labute approximate surface area is 124 Å². The second-order valence-electron chi connectivity index (χ2n) is 5.39. The number of carbonyl (C=O) groups excluding carboxylic acids is 1. The van der Waals surface area contributed by atoms with E-state index < -0.39 is 0 Å². The van der Waals surface area contributed by atoms with Crippen molar-refractivity contribution in [2.24, 2.45) is 7.05 Å². The second kappa shape index (κ2) is 6.10. The second-order valence-corrected chi connectivity index (χ2v) is 5.39. The predicted octanol–water partition coefficient (Wildman–Crippen LogP) is 1.51. The Bertz CT molecular complexity index is 635. The first-order valence-corrected chi connectivity index (χ1v) is 7.33. The molecule has 1 aromatic heterocycles. The molecule has 1 aromatic carbocycles. The molecule has 21 heavy (non-hydrogen) atoms. The zero-order chi connectivity index (χ0) is 14.7. The van der Waals surface area contributed by atoms with Gasteiger partial charge in [0.15, 0.2) is 0 Å². The van der Waals surface area contributed by atoms with Crippen molar-refractivity contribution in [1.82, 2.24) is 15.1 Å². The average molecular weight is 284 g/mol. The third kappa shape index (κ3) is 3.13. The lowest BCUT2D eigenvalue weighted by Crippen LogP contribution is -2.40. The molecule has 3 rings (SSSR count). The molecule has 0 saturated heterocycles. The number of aryl methyl sites for hydroxylation is 2. The van der Waals surface area contributed by atoms with E-state index in [1.165, 1.54) is 11.3 Å². The van der Waals surface area contributed by atoms with E-state index in [9.17, 15) is 4.79 Å². The number of anilines is 1. The van der Waals surface area contributed by atoms with Crippen LogP contribution in [0, 0.1) is 0 Å². The smallest absolute Gasteiger partial charge is 0.241 e. The average Bonchev–Trinajstić information content (AvgIpc) is 2.81. The molecule has 5 nitrogen and oxygen atoms in total. The van der Waals surface area contributed by atoms with Gasteiger partial charge in [0.2, 0.25) is 5.91 Å². The number of hydrogen-bond donors (Lipinski definition) is 2. The van der Waals surface area contributed by atoms with Crippen LogP contribution in [0.25, 0.3) is 0 Å². The third-order valence-corrected chi connectivity index (χ3v) is 3.99. The zero-order valence-corrected chi connectivity index (χ0v) is 12.2. The first kappa shape index (κ1) is 13.8. The zero-order valence-electron chi connectivity index (χ0n) is 12.2. The molecule has 1 aliphatic rings. The minimum Gasteiger partial charge on any atom is -0.324 e. The number of carbonyl (C=O) groups is 1. The number of hydrogen-bond acceptors (Lipinski definition) is 3. The SMILES string of the molecule is Cn1nccc1CCNC1CCc2ccccc2NC1=O. The van der Waals surface area contributed by atoms with Crippen LogP contribution in [0.15, 0.2) is 36.5 Å². The van der Waals surface area contributed by atoms with Gasteiger partial charge in [-0.05, 0) is 30.5 Å². The molecule has 1 unspecified atom stereocenters. The third-order valence-electron chi connectivity index (χ3n) is 3.99. The van der Waals surface area contributed by atoms with Crippen molar-refractivity contribution in [1.29, 1.82) is 0 Å². The van der Waals surface area contributed by atoms with Crippen molar-refractivity contribution in [3.63, 3.8) is 0 Å². The maximum atomic E-state index is 12.2. The van der Waals surface area contributed by atoms with Crippen LogP contribution in [0.3, 0.4) is 0 Å². The van der Waals surface area contributed by atoms with Gasteiger partial charge in [0, 0.05) is 37.6 Å². The molecule has 5 heteroatoms. The van der Waals surface area contributed by atoms with Crippen LogP contribution in [0.5, 0.6) is 0 Å². The van der Waals surface area contributed by atoms with Gasteiger partial charge >= 0.3 is 0 Å². The number of aromatic nitrogens is 2. The summed E-state index contributed by atoms with van der Waals surface area (Å²) in [5.74, 6) is 0.0601. The van der Waals surface area contributed by atoms with E-state index in [0.29, 0.717) is 0 Å². The first-order valence-electron chi connectivity index (χ1n) is 7.33. The number of rotatable bonds is 4. The standard InChI is InChI=1S/C16H20N4O/c1-20-13(9-11-18-20)8-10-17-15-7-6-12-4-2-3-5-14(12)19-16(15)21/h2-5,9,11,15,17H,6-8,10H2,1H3,(H,19,21). The van der Waals surface area contributed by atoms with Crippen LogP contribution in [0.1, 0.15) is 17.7 Å². The maximum Gasteiger partial charge on any atom is 0.241 e. The number of benzene rings is 1. The van der Waals surface area contributed by atoms with E-state index in [0.717, 1.165) is 31.5 Å². The molecule has 0 saturated carbocycles. The summed E-state index contributed by atoms with van der Waals surface area (Å²) in [5, 5.41) is 10.5. The molecule has 110 valence electrons. The van der Waals surface area contributed by atoms with E-state index in [4.69, 9.17) is 0 Å². The maximum absolute atomic E-state index is 12.2. The highest BCUT2D eigenvalue weighted by molar-refractivity contribution is 5.96. The Balaban J connectivity index is 1.57. The molecule has 2 N–H and O–H groups in total. The summed E-state index contributed by atoms with van der Waals surface area (Å²) in [6, 6.07) is 9.88. The highest BCUT2D eigenvalue weighted by atomic mass is 16.2. The monoisotopic (exact) mass is 284 g/mol. The van der Waals surface area contributed by atoms with Crippen LogP contribution >= 0.6 is 0 Å². The predicted molar refractivity (Wildman–Crippen MR) is 82.1 cm³/mol. The first-order chi connectivity index (χ1) is 10.2. The molecule has 2 aromatic rings. The molecule has 0 aliphatic carbocycles. The number of nitrogens with one attached hydrogen (secondary N) is 2. The van der Waals surface area contributed by atoms with Crippen LogP contribution in [-0.4, -0.2) is 28.3 Å². The van der Waals surface area contributed by atoms with Crippen molar-refractivity contribution in [3.05, 3.63) is 47.8 Å². The summed E-state index contributed by atoms with van der Waals surface area (Å²) in [7, 11) is 1.93. The fourth-order valence-corrected chi connectivity index (χ4v) is 2.73. The Hall–Kier alpha value is -2.14. The fourth-order valence-electron chi connectivity index (χ4n) is 2.73. The molecule has 2 heterocycles. The minimum atomic E-state index is -0.134. The molecular formula is C16H20N4O. The van der Waals surface area contributed by atoms with E-state index in [2.05, 4.69) is 21.8 Å². The molecule has 0 bridgehead atoms. The van der Waals surface area contributed by atoms with Crippen molar-refractivity contribution >= 4 is 11.6 Å². The Morgan fingerprint density at radius 3 is 3.05 bits per heavy atom. The number of amides is 1. The summed E-state index contributed by atoms with van der Waals surface area (Å²) >= 11 is 0. The number of para-hydroxylation sites is 1. The van der Waals surface area contributed by atoms with E-state index in [-0.39, 0.29) is 11.9 Å². The lowest BCUT2D eigenvalue weighted by molar-refractivity contribution is -0.118. The highest BCUT2D eigenvalue weighted by Crippen LogP contribution is 2.21. The van der Waals surface area contributed by atoms with E-state index in [1.54, 1.807) is 6.20 Å². The van der Waals surface area contributed by atoms with Crippen molar-refractivity contribution < 1.29 is 4.79 Å². The van der Waals surface area contributed by atoms with Crippen LogP contribution in [-0.2, 0) is 24.7 Å². The van der Waals surface area contributed by atoms with E-state index in [1.807, 2.05) is 36.0 Å². The normalized spacial score (nSPS) is 18.0. The summed E-state index contributed by atoms with van der Waals surface area (Å²) in [6.07, 6.45) is 4.41. The Kier molecular flexibility index (Phi) is 4.01. The summed E-state index contributed by atoms with van der Waals surface area (Å²) < 4.78 is 1.87. The van der Waals surface area contributed by atoms with Gasteiger partial charge in [-0.15, -0.1) is 0 Å². The van der Waals surface area contributed by atoms with E-state index >= 15 is 0 Å². The molecule has 0 spiro atoms. The van der Waals surface area contributed by atoms with Crippen LogP contribution in [0.4, 0.5) is 5.69 Å². The summed E-state index contributed by atoms with van der Waals surface area (Å²) in [6.45, 7) is 0.772. The quantitative estimate of drug-likeness (QED) is 0.894. The van der Waals surface area contributed by atoms with Gasteiger partial charge in [0.25, 0.3) is 0 Å². The highest BCUT2D eigenvalue weighted by Gasteiger charge is 2.22. The number of fused-ring (bicyclic) bond motifs is 1.